The molecule has 0 unspecified atom stereocenters. The van der Waals surface area contributed by atoms with Gasteiger partial charge >= 0.3 is 12.1 Å². The summed E-state index contributed by atoms with van der Waals surface area (Å²) in [5.74, 6) is -1.17. The highest BCUT2D eigenvalue weighted by atomic mass is 16.7. The van der Waals surface area contributed by atoms with Crippen LogP contribution in [0.2, 0.25) is 0 Å². The lowest BCUT2D eigenvalue weighted by Gasteiger charge is -2.39. The Labute approximate surface area is 116 Å². The molecule has 4 atom stereocenters. The van der Waals surface area contributed by atoms with Crippen molar-refractivity contribution in [3.63, 3.8) is 0 Å². The van der Waals surface area contributed by atoms with Crippen molar-refractivity contribution in [2.75, 3.05) is 13.2 Å². The highest BCUT2D eigenvalue weighted by Crippen LogP contribution is 2.41. The zero-order valence-corrected chi connectivity index (χ0v) is 11.6. The summed E-state index contributed by atoms with van der Waals surface area (Å²) in [6, 6.07) is 0. The van der Waals surface area contributed by atoms with Gasteiger partial charge in [0.15, 0.2) is 0 Å². The minimum absolute atomic E-state index is 0.0506. The third-order valence-corrected chi connectivity index (χ3v) is 3.20. The molecule has 0 radical (unpaired) electrons. The lowest BCUT2D eigenvalue weighted by molar-refractivity contribution is -0.236. The number of rotatable bonds is 3. The standard InChI is InChI=1S/C12H19NO7/c1-11(2,3)20-10(17)13-4-6-7(14)8-12(19-6,5-18-8)9(15)16/h6-8,14H,4-5H2,1-3H3,(H,13,17)(H,15,16)/t6-,7-,8-,12-/m0/s1. The molecule has 2 aliphatic heterocycles. The molecule has 0 aromatic carbocycles. The maximum absolute atomic E-state index is 11.5. The van der Waals surface area contributed by atoms with E-state index in [1.807, 2.05) is 0 Å². The van der Waals surface area contributed by atoms with Crippen LogP contribution in [0.5, 0.6) is 0 Å². The lowest BCUT2D eigenvalue weighted by atomic mass is 9.90. The number of nitrogens with one attached hydrogen (secondary N) is 1. The van der Waals surface area contributed by atoms with Crippen molar-refractivity contribution in [3.8, 4) is 0 Å². The molecule has 0 spiro atoms. The van der Waals surface area contributed by atoms with Gasteiger partial charge < -0.3 is 29.7 Å². The van der Waals surface area contributed by atoms with E-state index in [-0.39, 0.29) is 13.2 Å². The van der Waals surface area contributed by atoms with Gasteiger partial charge in [0.1, 0.15) is 23.9 Å². The van der Waals surface area contributed by atoms with Gasteiger partial charge in [0.05, 0.1) is 6.61 Å². The van der Waals surface area contributed by atoms with Gasteiger partial charge in [-0.1, -0.05) is 0 Å². The first kappa shape index (κ1) is 15.0. The quantitative estimate of drug-likeness (QED) is 0.641. The number of carbonyl (C=O) groups is 2. The van der Waals surface area contributed by atoms with Crippen LogP contribution < -0.4 is 5.32 Å². The molecule has 0 aromatic heterocycles. The van der Waals surface area contributed by atoms with Crippen LogP contribution in [-0.2, 0) is 19.0 Å². The van der Waals surface area contributed by atoms with Crippen LogP contribution >= 0.6 is 0 Å². The number of aliphatic hydroxyl groups excluding tert-OH is 1. The van der Waals surface area contributed by atoms with Gasteiger partial charge in [-0.25, -0.2) is 9.59 Å². The number of alkyl carbamates (subject to hydrolysis) is 1. The maximum Gasteiger partial charge on any atom is 0.407 e. The van der Waals surface area contributed by atoms with E-state index in [4.69, 9.17) is 19.3 Å². The minimum atomic E-state index is -1.50. The summed E-state index contributed by atoms with van der Waals surface area (Å²) in [5, 5.41) is 21.5. The molecular weight excluding hydrogens is 270 g/mol. The SMILES string of the molecule is CC(C)(C)OC(=O)NC[C@@H]1O[C@@]2(C(=O)O)CO[C@H]2[C@H]1O. The molecule has 114 valence electrons. The lowest BCUT2D eigenvalue weighted by Crippen LogP contribution is -2.63. The molecular formula is C12H19NO7. The van der Waals surface area contributed by atoms with Crippen molar-refractivity contribution in [2.45, 2.75) is 50.3 Å². The molecule has 8 nitrogen and oxygen atoms in total. The summed E-state index contributed by atoms with van der Waals surface area (Å²) in [7, 11) is 0. The van der Waals surface area contributed by atoms with Gasteiger partial charge in [-0.3, -0.25) is 0 Å². The van der Waals surface area contributed by atoms with Gasteiger partial charge in [-0.2, -0.15) is 0 Å². The Morgan fingerprint density at radius 3 is 2.50 bits per heavy atom. The Morgan fingerprint density at radius 2 is 2.10 bits per heavy atom. The summed E-state index contributed by atoms with van der Waals surface area (Å²) >= 11 is 0. The molecule has 2 aliphatic rings. The normalized spacial score (nSPS) is 35.9. The van der Waals surface area contributed by atoms with Crippen molar-refractivity contribution in [3.05, 3.63) is 0 Å². The van der Waals surface area contributed by atoms with Crippen LogP contribution in [0, 0.1) is 0 Å². The first-order valence-electron chi connectivity index (χ1n) is 6.33. The second-order valence-electron chi connectivity index (χ2n) is 5.96. The summed E-state index contributed by atoms with van der Waals surface area (Å²) in [6.07, 6.45) is -3.50. The van der Waals surface area contributed by atoms with Crippen LogP contribution in [0.25, 0.3) is 0 Å². The monoisotopic (exact) mass is 289 g/mol. The minimum Gasteiger partial charge on any atom is -0.479 e. The van der Waals surface area contributed by atoms with Crippen LogP contribution in [0.4, 0.5) is 4.79 Å². The van der Waals surface area contributed by atoms with Gasteiger partial charge in [0.2, 0.25) is 5.60 Å². The molecule has 2 saturated heterocycles. The summed E-state index contributed by atoms with van der Waals surface area (Å²) in [6.45, 7) is 5.01. The predicted molar refractivity (Wildman–Crippen MR) is 65.2 cm³/mol. The van der Waals surface area contributed by atoms with E-state index >= 15 is 0 Å². The average Bonchev–Trinajstić information content (AvgIpc) is 2.42. The first-order chi connectivity index (χ1) is 9.16. The van der Waals surface area contributed by atoms with Gasteiger partial charge in [-0.05, 0) is 20.8 Å². The van der Waals surface area contributed by atoms with Gasteiger partial charge in [-0.15, -0.1) is 0 Å². The van der Waals surface area contributed by atoms with Crippen molar-refractivity contribution >= 4 is 12.1 Å². The number of carboxylic acid groups (broad SMARTS) is 1. The zero-order chi connectivity index (χ0) is 15.1. The fraction of sp³-hybridized carbons (Fsp3) is 0.833. The van der Waals surface area contributed by atoms with Crippen LogP contribution in [0.3, 0.4) is 0 Å². The third kappa shape index (κ3) is 2.58. The fourth-order valence-corrected chi connectivity index (χ4v) is 2.24. The molecule has 0 aliphatic carbocycles. The van der Waals surface area contributed by atoms with Crippen LogP contribution in [0.15, 0.2) is 0 Å². The fourth-order valence-electron chi connectivity index (χ4n) is 2.24. The van der Waals surface area contributed by atoms with E-state index in [0.29, 0.717) is 0 Å². The number of ether oxygens (including phenoxy) is 3. The first-order valence-corrected chi connectivity index (χ1v) is 6.33. The van der Waals surface area contributed by atoms with Gasteiger partial charge in [0, 0.05) is 6.54 Å². The maximum atomic E-state index is 11.5. The van der Waals surface area contributed by atoms with Crippen molar-refractivity contribution in [2.24, 2.45) is 0 Å². The number of carboxylic acids is 1. The molecule has 0 saturated carbocycles. The van der Waals surface area contributed by atoms with E-state index in [9.17, 15) is 14.7 Å². The smallest absolute Gasteiger partial charge is 0.407 e. The Morgan fingerprint density at radius 1 is 1.45 bits per heavy atom. The highest BCUT2D eigenvalue weighted by Gasteiger charge is 2.67. The highest BCUT2D eigenvalue weighted by molar-refractivity contribution is 5.80. The molecule has 0 aromatic rings. The van der Waals surface area contributed by atoms with Crippen molar-refractivity contribution < 1.29 is 34.0 Å². The van der Waals surface area contributed by atoms with E-state index in [1.54, 1.807) is 20.8 Å². The van der Waals surface area contributed by atoms with Crippen LogP contribution in [-0.4, -0.2) is 64.9 Å². The number of fused-ring (bicyclic) bond motifs is 1. The Kier molecular flexibility index (Phi) is 3.66. The number of amides is 1. The number of aliphatic hydroxyl groups is 1. The van der Waals surface area contributed by atoms with Gasteiger partial charge in [0.25, 0.3) is 0 Å². The van der Waals surface area contributed by atoms with Crippen LogP contribution in [0.1, 0.15) is 20.8 Å². The molecule has 2 heterocycles. The number of carbonyl (C=O) groups excluding carboxylic acids is 1. The van der Waals surface area contributed by atoms with Crippen molar-refractivity contribution in [1.29, 1.82) is 0 Å². The summed E-state index contributed by atoms with van der Waals surface area (Å²) < 4.78 is 15.4. The van der Waals surface area contributed by atoms with Crippen molar-refractivity contribution in [1.82, 2.24) is 5.32 Å². The molecule has 3 N–H and O–H groups in total. The molecule has 1 amide bonds. The van der Waals surface area contributed by atoms with E-state index < -0.39 is 41.6 Å². The molecule has 2 rings (SSSR count). The molecule has 20 heavy (non-hydrogen) atoms. The predicted octanol–water partition coefficient (Wildman–Crippen LogP) is -0.507. The Hall–Kier alpha value is -1.38. The number of aliphatic carboxylic acids is 1. The summed E-state index contributed by atoms with van der Waals surface area (Å²) in [5.41, 5.74) is -2.14. The van der Waals surface area contributed by atoms with E-state index in [1.165, 1.54) is 0 Å². The topological polar surface area (TPSA) is 114 Å². The third-order valence-electron chi connectivity index (χ3n) is 3.20. The Balaban J connectivity index is 1.89. The van der Waals surface area contributed by atoms with E-state index in [2.05, 4.69) is 5.32 Å². The molecule has 0 bridgehead atoms. The molecule has 2 fully saturated rings. The molecule has 8 heteroatoms. The second kappa shape index (κ2) is 4.87. The summed E-state index contributed by atoms with van der Waals surface area (Å²) in [4.78, 5) is 22.7. The number of hydrogen-bond donors (Lipinski definition) is 3. The average molecular weight is 289 g/mol. The second-order valence-corrected chi connectivity index (χ2v) is 5.96. The number of hydrogen-bond acceptors (Lipinski definition) is 6. The van der Waals surface area contributed by atoms with E-state index in [0.717, 1.165) is 0 Å². The Bertz CT molecular complexity index is 419. The largest absolute Gasteiger partial charge is 0.479 e. The zero-order valence-electron chi connectivity index (χ0n) is 11.6.